The Morgan fingerprint density at radius 2 is 1.97 bits per heavy atom. The number of carbonyl (C=O) groups is 1. The van der Waals surface area contributed by atoms with E-state index >= 15 is 0 Å². The van der Waals surface area contributed by atoms with E-state index in [1.807, 2.05) is 44.2 Å². The Morgan fingerprint density at radius 1 is 1.14 bits per heavy atom. The van der Waals surface area contributed by atoms with Gasteiger partial charge >= 0.3 is 0 Å². The minimum absolute atomic E-state index is 0.118. The Hall–Kier alpha value is -4.46. The van der Waals surface area contributed by atoms with Crippen LogP contribution in [-0.2, 0) is 4.84 Å². The average molecular weight is 497 g/mol. The van der Waals surface area contributed by atoms with Crippen molar-refractivity contribution < 1.29 is 18.8 Å². The minimum Gasteiger partial charge on any atom is -0.618 e. The van der Waals surface area contributed by atoms with Gasteiger partial charge in [0, 0.05) is 59.0 Å². The number of aryl methyl sites for hydroxylation is 1. The van der Waals surface area contributed by atoms with Crippen LogP contribution in [0.5, 0.6) is 0 Å². The normalized spacial score (nSPS) is 15.6. The molecule has 0 spiro atoms. The third-order valence-electron chi connectivity index (χ3n) is 6.38. The summed E-state index contributed by atoms with van der Waals surface area (Å²) in [5.74, 6) is -0.760. The second-order valence-electron chi connectivity index (χ2n) is 9.24. The summed E-state index contributed by atoms with van der Waals surface area (Å²) in [6.07, 6.45) is 4.68. The van der Waals surface area contributed by atoms with Gasteiger partial charge in [0.25, 0.3) is 0 Å². The molecule has 4 aromatic rings. The number of ketones is 1. The zero-order valence-corrected chi connectivity index (χ0v) is 20.5. The number of carbonyl (C=O) groups excluding carboxylic acids is 1. The van der Waals surface area contributed by atoms with Gasteiger partial charge in [0.15, 0.2) is 18.1 Å². The maximum atomic E-state index is 13.4. The SMILES string of the molecule is Cc1ccc(-c2cc(C(=O)C[C@H](C)c3ccc(F)cn3)cc(C3=NOC(c4ccccn4)C3)c2)[n+]([O-])c1. The van der Waals surface area contributed by atoms with Gasteiger partial charge in [-0.1, -0.05) is 18.1 Å². The highest BCUT2D eigenvalue weighted by molar-refractivity contribution is 6.05. The maximum absolute atomic E-state index is 13.4. The molecule has 2 atom stereocenters. The summed E-state index contributed by atoms with van der Waals surface area (Å²) in [4.78, 5) is 27.5. The van der Waals surface area contributed by atoms with Gasteiger partial charge in [-0.2, -0.15) is 4.73 Å². The first-order valence-corrected chi connectivity index (χ1v) is 12.0. The van der Waals surface area contributed by atoms with Crippen molar-refractivity contribution in [3.05, 3.63) is 118 Å². The number of Topliss-reactive ketones (excluding diaryl/α,β-unsaturated/α-hetero) is 1. The topological polar surface area (TPSA) is 91.4 Å². The Kier molecular flexibility index (Phi) is 6.72. The van der Waals surface area contributed by atoms with E-state index in [-0.39, 0.29) is 24.2 Å². The minimum atomic E-state index is -0.424. The largest absolute Gasteiger partial charge is 0.618 e. The number of nitrogens with zero attached hydrogens (tertiary/aromatic N) is 4. The number of pyridine rings is 3. The number of benzene rings is 1. The van der Waals surface area contributed by atoms with Crippen molar-refractivity contribution >= 4 is 11.5 Å². The Bertz CT molecular complexity index is 1470. The fourth-order valence-corrected chi connectivity index (χ4v) is 4.36. The van der Waals surface area contributed by atoms with Crippen LogP contribution in [-0.4, -0.2) is 21.5 Å². The zero-order chi connectivity index (χ0) is 25.9. The second kappa shape index (κ2) is 10.3. The molecule has 37 heavy (non-hydrogen) atoms. The molecule has 0 N–H and O–H groups in total. The molecule has 0 bridgehead atoms. The standard InChI is InChI=1S/C29H25FN4O3/c1-18-6-9-27(34(36)17-18)21-12-20(26-15-29(37-33-26)25-5-3-4-10-31-25)13-22(14-21)28(35)11-19(2)24-8-7-23(30)16-32-24/h3-10,12-14,16-17,19,29H,11,15H2,1-2H3/t19-,29?/m0/s1. The van der Waals surface area contributed by atoms with Crippen LogP contribution in [0.3, 0.4) is 0 Å². The first-order valence-electron chi connectivity index (χ1n) is 12.0. The van der Waals surface area contributed by atoms with Crippen molar-refractivity contribution in [1.82, 2.24) is 9.97 Å². The van der Waals surface area contributed by atoms with E-state index in [4.69, 9.17) is 4.84 Å². The average Bonchev–Trinajstić information content (AvgIpc) is 3.40. The van der Waals surface area contributed by atoms with Crippen molar-refractivity contribution in [1.29, 1.82) is 0 Å². The quantitative estimate of drug-likeness (QED) is 0.192. The second-order valence-corrected chi connectivity index (χ2v) is 9.24. The van der Waals surface area contributed by atoms with Crippen molar-refractivity contribution in [2.75, 3.05) is 0 Å². The van der Waals surface area contributed by atoms with Gasteiger partial charge in [-0.05, 0) is 55.5 Å². The highest BCUT2D eigenvalue weighted by Gasteiger charge is 2.27. The highest BCUT2D eigenvalue weighted by Crippen LogP contribution is 2.31. The Labute approximate surface area is 213 Å². The molecule has 1 aromatic carbocycles. The molecule has 3 aromatic heterocycles. The number of hydrogen-bond donors (Lipinski definition) is 0. The molecular formula is C29H25FN4O3. The number of halogens is 1. The molecule has 1 unspecified atom stereocenters. The zero-order valence-electron chi connectivity index (χ0n) is 20.5. The van der Waals surface area contributed by atoms with E-state index < -0.39 is 5.82 Å². The van der Waals surface area contributed by atoms with Gasteiger partial charge in [-0.15, -0.1) is 0 Å². The van der Waals surface area contributed by atoms with Gasteiger partial charge in [-0.3, -0.25) is 14.8 Å². The summed E-state index contributed by atoms with van der Waals surface area (Å²) in [6.45, 7) is 3.72. The van der Waals surface area contributed by atoms with E-state index in [0.717, 1.165) is 22.2 Å². The summed E-state index contributed by atoms with van der Waals surface area (Å²) < 4.78 is 14.1. The number of rotatable bonds is 7. The summed E-state index contributed by atoms with van der Waals surface area (Å²) in [5, 5.41) is 17.0. The first-order chi connectivity index (χ1) is 17.9. The molecule has 4 heterocycles. The Morgan fingerprint density at radius 3 is 2.70 bits per heavy atom. The number of hydrogen-bond acceptors (Lipinski definition) is 6. The van der Waals surface area contributed by atoms with Crippen LogP contribution in [0.4, 0.5) is 4.39 Å². The predicted octanol–water partition coefficient (Wildman–Crippen LogP) is 5.47. The van der Waals surface area contributed by atoms with Crippen LogP contribution >= 0.6 is 0 Å². The lowest BCUT2D eigenvalue weighted by molar-refractivity contribution is -0.594. The molecule has 7 nitrogen and oxygen atoms in total. The molecule has 1 aliphatic rings. The smallest absolute Gasteiger partial charge is 0.223 e. The molecule has 186 valence electrons. The van der Waals surface area contributed by atoms with E-state index in [1.165, 1.54) is 12.3 Å². The fraction of sp³-hybridized carbons (Fsp3) is 0.207. The lowest BCUT2D eigenvalue weighted by Crippen LogP contribution is -2.29. The van der Waals surface area contributed by atoms with Crippen molar-refractivity contribution in [3.63, 3.8) is 0 Å². The van der Waals surface area contributed by atoms with Crippen LogP contribution in [0.15, 0.2) is 84.4 Å². The van der Waals surface area contributed by atoms with Crippen molar-refractivity contribution in [3.8, 4) is 11.3 Å². The van der Waals surface area contributed by atoms with E-state index in [0.29, 0.717) is 40.2 Å². The monoisotopic (exact) mass is 496 g/mol. The third kappa shape index (κ3) is 5.38. The van der Waals surface area contributed by atoms with E-state index in [1.54, 1.807) is 30.5 Å². The molecule has 0 saturated carbocycles. The molecule has 0 radical (unpaired) electrons. The fourth-order valence-electron chi connectivity index (χ4n) is 4.36. The Balaban J connectivity index is 1.48. The molecule has 0 aliphatic carbocycles. The third-order valence-corrected chi connectivity index (χ3v) is 6.38. The van der Waals surface area contributed by atoms with Crippen molar-refractivity contribution in [2.45, 2.75) is 38.7 Å². The molecule has 1 aliphatic heterocycles. The summed E-state index contributed by atoms with van der Waals surface area (Å²) >= 11 is 0. The molecule has 0 saturated heterocycles. The van der Waals surface area contributed by atoms with Crippen LogP contribution < -0.4 is 4.73 Å². The van der Waals surface area contributed by atoms with Crippen LogP contribution in [0.25, 0.3) is 11.3 Å². The van der Waals surface area contributed by atoms with Crippen LogP contribution in [0.2, 0.25) is 0 Å². The summed E-state index contributed by atoms with van der Waals surface area (Å²) in [5.41, 5.74) is 5.09. The van der Waals surface area contributed by atoms with Crippen LogP contribution in [0.1, 0.15) is 64.7 Å². The van der Waals surface area contributed by atoms with Crippen molar-refractivity contribution in [2.24, 2.45) is 5.16 Å². The lowest BCUT2D eigenvalue weighted by atomic mass is 9.92. The number of aromatic nitrogens is 3. The molecule has 0 amide bonds. The van der Waals surface area contributed by atoms with Gasteiger partial charge < -0.3 is 10.0 Å². The maximum Gasteiger partial charge on any atom is 0.223 e. The molecule has 5 rings (SSSR count). The molecular weight excluding hydrogens is 471 g/mol. The lowest BCUT2D eigenvalue weighted by Gasteiger charge is -2.13. The molecule has 8 heteroatoms. The van der Waals surface area contributed by atoms with Crippen LogP contribution in [0, 0.1) is 17.9 Å². The van der Waals surface area contributed by atoms with Gasteiger partial charge in [0.2, 0.25) is 5.69 Å². The van der Waals surface area contributed by atoms with Gasteiger partial charge in [0.05, 0.1) is 17.6 Å². The van der Waals surface area contributed by atoms with Gasteiger partial charge in [-0.25, -0.2) is 4.39 Å². The van der Waals surface area contributed by atoms with Gasteiger partial charge in [0.1, 0.15) is 5.82 Å². The van der Waals surface area contributed by atoms with E-state index in [9.17, 15) is 14.4 Å². The predicted molar refractivity (Wildman–Crippen MR) is 136 cm³/mol. The first kappa shape index (κ1) is 24.2. The number of oxime groups is 1. The molecule has 0 fully saturated rings. The summed E-state index contributed by atoms with van der Waals surface area (Å²) in [7, 11) is 0. The van der Waals surface area contributed by atoms with E-state index in [2.05, 4.69) is 15.1 Å². The highest BCUT2D eigenvalue weighted by atomic mass is 19.1. The summed E-state index contributed by atoms with van der Waals surface area (Å²) in [6, 6.07) is 17.5.